The quantitative estimate of drug-likeness (QED) is 0.632. The van der Waals surface area contributed by atoms with Crippen LogP contribution in [-0.4, -0.2) is 28.9 Å². The molecule has 2 rings (SSSR count). The van der Waals surface area contributed by atoms with Crippen molar-refractivity contribution in [3.8, 4) is 5.75 Å². The lowest BCUT2D eigenvalue weighted by Gasteiger charge is -2.33. The van der Waals surface area contributed by atoms with E-state index < -0.39 is 17.2 Å². The van der Waals surface area contributed by atoms with Crippen molar-refractivity contribution in [2.75, 3.05) is 6.61 Å². The molecule has 2 N–H and O–H groups in total. The molecule has 0 aliphatic carbocycles. The molecular formula is C24H33NO4. The van der Waals surface area contributed by atoms with E-state index in [4.69, 9.17) is 9.47 Å². The molecule has 0 aliphatic heterocycles. The molecule has 0 fully saturated rings. The molecule has 2 aromatic carbocycles. The Morgan fingerprint density at radius 3 is 2.21 bits per heavy atom. The van der Waals surface area contributed by atoms with Crippen LogP contribution in [0.2, 0.25) is 0 Å². The van der Waals surface area contributed by atoms with Crippen LogP contribution in [0.3, 0.4) is 0 Å². The van der Waals surface area contributed by atoms with Gasteiger partial charge in [0.2, 0.25) is 0 Å². The fourth-order valence-electron chi connectivity index (χ4n) is 2.96. The molecule has 158 valence electrons. The Labute approximate surface area is 174 Å². The minimum absolute atomic E-state index is 0.138. The zero-order chi connectivity index (χ0) is 21.3. The maximum Gasteiger partial charge on any atom is 0.408 e. The van der Waals surface area contributed by atoms with Gasteiger partial charge in [0, 0.05) is 0 Å². The molecule has 0 saturated heterocycles. The molecule has 1 atom stereocenters. The van der Waals surface area contributed by atoms with Crippen molar-refractivity contribution in [1.82, 2.24) is 5.32 Å². The van der Waals surface area contributed by atoms with Crippen LogP contribution in [0.15, 0.2) is 54.6 Å². The first kappa shape index (κ1) is 22.8. The number of alkyl carbamates (subject to hydrolysis) is 1. The van der Waals surface area contributed by atoms with Gasteiger partial charge >= 0.3 is 6.09 Å². The van der Waals surface area contributed by atoms with Gasteiger partial charge in [0.05, 0.1) is 12.1 Å². The highest BCUT2D eigenvalue weighted by Crippen LogP contribution is 2.21. The molecule has 0 aliphatic rings. The van der Waals surface area contributed by atoms with Gasteiger partial charge < -0.3 is 19.9 Å². The second-order valence-corrected chi connectivity index (χ2v) is 8.34. The number of aliphatic hydroxyl groups excluding tert-OH is 1. The van der Waals surface area contributed by atoms with Crippen LogP contribution in [0, 0.1) is 0 Å². The predicted molar refractivity (Wildman–Crippen MR) is 115 cm³/mol. The first-order chi connectivity index (χ1) is 13.8. The topological polar surface area (TPSA) is 67.8 Å². The molecule has 5 heteroatoms. The zero-order valence-electron chi connectivity index (χ0n) is 17.9. The van der Waals surface area contributed by atoms with Gasteiger partial charge in [-0.3, -0.25) is 0 Å². The number of ether oxygens (including phenoxy) is 2. The summed E-state index contributed by atoms with van der Waals surface area (Å²) in [5, 5.41) is 12.8. The molecule has 1 amide bonds. The summed E-state index contributed by atoms with van der Waals surface area (Å²) < 4.78 is 11.2. The maximum atomic E-state index is 12.2. The van der Waals surface area contributed by atoms with Crippen LogP contribution in [0.1, 0.15) is 51.7 Å². The van der Waals surface area contributed by atoms with E-state index in [9.17, 15) is 9.90 Å². The van der Waals surface area contributed by atoms with E-state index in [0.29, 0.717) is 19.4 Å². The van der Waals surface area contributed by atoms with Crippen molar-refractivity contribution in [2.45, 2.75) is 64.7 Å². The SMILES string of the molecule is CCC(CO)(CCc1ccc(OCc2ccccc2)cc1)NC(=O)OC(C)(C)C. The van der Waals surface area contributed by atoms with Crippen molar-refractivity contribution in [2.24, 2.45) is 0 Å². The van der Waals surface area contributed by atoms with E-state index in [0.717, 1.165) is 23.3 Å². The van der Waals surface area contributed by atoms with Crippen molar-refractivity contribution in [1.29, 1.82) is 0 Å². The average Bonchev–Trinajstić information content (AvgIpc) is 2.70. The summed E-state index contributed by atoms with van der Waals surface area (Å²) in [6.07, 6.45) is 1.45. The highest BCUT2D eigenvalue weighted by molar-refractivity contribution is 5.68. The summed E-state index contributed by atoms with van der Waals surface area (Å²) in [4.78, 5) is 12.2. The van der Waals surface area contributed by atoms with Crippen LogP contribution < -0.4 is 10.1 Å². The smallest absolute Gasteiger partial charge is 0.408 e. The van der Waals surface area contributed by atoms with Gasteiger partial charge in [0.15, 0.2) is 0 Å². The van der Waals surface area contributed by atoms with Gasteiger partial charge in [-0.15, -0.1) is 0 Å². The number of aliphatic hydroxyl groups is 1. The van der Waals surface area contributed by atoms with Crippen molar-refractivity contribution >= 4 is 6.09 Å². The largest absolute Gasteiger partial charge is 0.489 e. The third kappa shape index (κ3) is 7.78. The number of nitrogens with one attached hydrogen (secondary N) is 1. The van der Waals surface area contributed by atoms with Gasteiger partial charge in [-0.05, 0) is 63.3 Å². The standard InChI is InChI=1S/C24H33NO4/c1-5-24(18-26,25-22(27)29-23(2,3)4)16-15-19-11-13-21(14-12-19)28-17-20-9-7-6-8-10-20/h6-14,26H,5,15-18H2,1-4H3,(H,25,27). The summed E-state index contributed by atoms with van der Waals surface area (Å²) >= 11 is 0. The Kier molecular flexibility index (Phi) is 8.09. The lowest BCUT2D eigenvalue weighted by molar-refractivity contribution is 0.0380. The monoisotopic (exact) mass is 399 g/mol. The lowest BCUT2D eigenvalue weighted by Crippen LogP contribution is -2.52. The lowest BCUT2D eigenvalue weighted by atomic mass is 9.89. The number of rotatable bonds is 9. The van der Waals surface area contributed by atoms with Crippen molar-refractivity contribution in [3.63, 3.8) is 0 Å². The molecule has 0 aromatic heterocycles. The van der Waals surface area contributed by atoms with Gasteiger partial charge in [-0.2, -0.15) is 0 Å². The summed E-state index contributed by atoms with van der Waals surface area (Å²) in [6.45, 7) is 7.81. The molecule has 0 bridgehead atoms. The van der Waals surface area contributed by atoms with E-state index in [1.165, 1.54) is 0 Å². The third-order valence-corrected chi connectivity index (χ3v) is 4.81. The maximum absolute atomic E-state index is 12.2. The number of hydrogen-bond donors (Lipinski definition) is 2. The van der Waals surface area contributed by atoms with E-state index >= 15 is 0 Å². The first-order valence-electron chi connectivity index (χ1n) is 10.1. The Morgan fingerprint density at radius 2 is 1.66 bits per heavy atom. The highest BCUT2D eigenvalue weighted by atomic mass is 16.6. The van der Waals surface area contributed by atoms with Crippen LogP contribution in [0.5, 0.6) is 5.75 Å². The molecule has 1 unspecified atom stereocenters. The molecular weight excluding hydrogens is 366 g/mol. The van der Waals surface area contributed by atoms with Gasteiger partial charge in [0.25, 0.3) is 0 Å². The van der Waals surface area contributed by atoms with Gasteiger partial charge in [0.1, 0.15) is 18.0 Å². The first-order valence-corrected chi connectivity index (χ1v) is 10.1. The van der Waals surface area contributed by atoms with Crippen molar-refractivity contribution < 1.29 is 19.4 Å². The van der Waals surface area contributed by atoms with Crippen LogP contribution in [0.25, 0.3) is 0 Å². The number of carbonyl (C=O) groups is 1. The number of aryl methyl sites for hydroxylation is 1. The minimum Gasteiger partial charge on any atom is -0.489 e. The Balaban J connectivity index is 1.91. The molecule has 0 heterocycles. The molecule has 0 radical (unpaired) electrons. The molecule has 0 spiro atoms. The van der Waals surface area contributed by atoms with Crippen molar-refractivity contribution in [3.05, 3.63) is 65.7 Å². The average molecular weight is 400 g/mol. The Hall–Kier alpha value is -2.53. The number of hydrogen-bond acceptors (Lipinski definition) is 4. The molecule has 0 saturated carbocycles. The Bertz CT molecular complexity index is 747. The minimum atomic E-state index is -0.704. The highest BCUT2D eigenvalue weighted by Gasteiger charge is 2.31. The summed E-state index contributed by atoms with van der Waals surface area (Å²) in [5.74, 6) is 0.813. The van der Waals surface area contributed by atoms with E-state index in [2.05, 4.69) is 5.32 Å². The fourth-order valence-corrected chi connectivity index (χ4v) is 2.96. The predicted octanol–water partition coefficient (Wildman–Crippen LogP) is 4.86. The summed E-state index contributed by atoms with van der Waals surface area (Å²) in [7, 11) is 0. The molecule has 29 heavy (non-hydrogen) atoms. The van der Waals surface area contributed by atoms with Gasteiger partial charge in [-0.1, -0.05) is 49.4 Å². The zero-order valence-corrected chi connectivity index (χ0v) is 17.9. The molecule has 2 aromatic rings. The third-order valence-electron chi connectivity index (χ3n) is 4.81. The summed E-state index contributed by atoms with van der Waals surface area (Å²) in [6, 6.07) is 18.0. The Morgan fingerprint density at radius 1 is 1.00 bits per heavy atom. The second kappa shape index (κ2) is 10.3. The number of amides is 1. The van der Waals surface area contributed by atoms with Crippen LogP contribution in [0.4, 0.5) is 4.79 Å². The van der Waals surface area contributed by atoms with Gasteiger partial charge in [-0.25, -0.2) is 4.79 Å². The number of benzene rings is 2. The van der Waals surface area contributed by atoms with E-state index in [1.807, 2.05) is 82.3 Å². The summed E-state index contributed by atoms with van der Waals surface area (Å²) in [5.41, 5.74) is 0.967. The second-order valence-electron chi connectivity index (χ2n) is 8.34. The normalized spacial score (nSPS) is 13.4. The van der Waals surface area contributed by atoms with E-state index in [-0.39, 0.29) is 6.61 Å². The van der Waals surface area contributed by atoms with E-state index in [1.54, 1.807) is 0 Å². The van der Waals surface area contributed by atoms with Crippen LogP contribution in [-0.2, 0) is 17.8 Å². The van der Waals surface area contributed by atoms with Crippen LogP contribution >= 0.6 is 0 Å². The fraction of sp³-hybridized carbons (Fsp3) is 0.458. The number of carbonyl (C=O) groups excluding carboxylic acids is 1. The molecule has 5 nitrogen and oxygen atoms in total.